The molecule has 0 aromatic carbocycles. The van der Waals surface area contributed by atoms with Gasteiger partial charge in [0.1, 0.15) is 6.29 Å². The normalized spacial score (nSPS) is 40.3. The van der Waals surface area contributed by atoms with Crippen molar-refractivity contribution in [3.63, 3.8) is 0 Å². The van der Waals surface area contributed by atoms with Gasteiger partial charge in [-0.05, 0) is 42.4 Å². The lowest BCUT2D eigenvalue weighted by Crippen LogP contribution is -2.31. The van der Waals surface area contributed by atoms with Crippen molar-refractivity contribution >= 4 is 6.29 Å². The number of rotatable bonds is 2. The van der Waals surface area contributed by atoms with Crippen molar-refractivity contribution in [3.05, 3.63) is 11.1 Å². The number of hydrogen-bond donors (Lipinski definition) is 0. The van der Waals surface area contributed by atoms with Crippen molar-refractivity contribution < 1.29 is 4.79 Å². The zero-order chi connectivity index (χ0) is 12.8. The Bertz CT molecular complexity index is 364. The van der Waals surface area contributed by atoms with E-state index in [0.717, 1.165) is 12.8 Å². The average Bonchev–Trinajstić information content (AvgIpc) is 2.49. The zero-order valence-electron chi connectivity index (χ0n) is 12.0. The molecule has 3 unspecified atom stereocenters. The first-order chi connectivity index (χ1) is 7.89. The highest BCUT2D eigenvalue weighted by Gasteiger charge is 2.53. The van der Waals surface area contributed by atoms with Gasteiger partial charge in [0.2, 0.25) is 0 Å². The minimum Gasteiger partial charge on any atom is -0.303 e. The second-order valence-electron chi connectivity index (χ2n) is 6.74. The molecule has 0 radical (unpaired) electrons. The Balaban J connectivity index is 2.58. The second-order valence-corrected chi connectivity index (χ2v) is 6.74. The highest BCUT2D eigenvalue weighted by Crippen LogP contribution is 2.63. The minimum atomic E-state index is 0.202. The van der Waals surface area contributed by atoms with Crippen LogP contribution in [0.1, 0.15) is 60.3 Å². The molecule has 2 rings (SSSR count). The molecule has 0 saturated heterocycles. The van der Waals surface area contributed by atoms with Crippen LogP contribution >= 0.6 is 0 Å². The number of aldehydes is 1. The van der Waals surface area contributed by atoms with Gasteiger partial charge in [-0.2, -0.15) is 0 Å². The van der Waals surface area contributed by atoms with Crippen molar-refractivity contribution in [1.29, 1.82) is 0 Å². The summed E-state index contributed by atoms with van der Waals surface area (Å²) in [5.41, 5.74) is 3.64. The van der Waals surface area contributed by atoms with Gasteiger partial charge in [-0.15, -0.1) is 0 Å². The zero-order valence-corrected chi connectivity index (χ0v) is 12.0. The molecular formula is C16H26O. The first kappa shape index (κ1) is 12.9. The van der Waals surface area contributed by atoms with Crippen LogP contribution in [0.2, 0.25) is 0 Å². The summed E-state index contributed by atoms with van der Waals surface area (Å²) in [6.07, 6.45) is 5.84. The third-order valence-corrected chi connectivity index (χ3v) is 5.97. The van der Waals surface area contributed by atoms with Crippen LogP contribution in [-0.4, -0.2) is 6.29 Å². The Labute approximate surface area is 106 Å². The SMILES string of the molecule is CCC1(C)C2=C(CCCC2C=O)C(C)(C)C1C. The summed E-state index contributed by atoms with van der Waals surface area (Å²) in [6, 6.07) is 0. The molecule has 17 heavy (non-hydrogen) atoms. The van der Waals surface area contributed by atoms with Gasteiger partial charge in [-0.3, -0.25) is 0 Å². The summed E-state index contributed by atoms with van der Waals surface area (Å²) >= 11 is 0. The predicted octanol–water partition coefficient (Wildman–Crippen LogP) is 4.37. The van der Waals surface area contributed by atoms with Crippen LogP contribution in [0.15, 0.2) is 11.1 Å². The molecule has 0 N–H and O–H groups in total. The van der Waals surface area contributed by atoms with Crippen LogP contribution in [-0.2, 0) is 4.79 Å². The predicted molar refractivity (Wildman–Crippen MR) is 71.8 cm³/mol. The Hall–Kier alpha value is -0.590. The summed E-state index contributed by atoms with van der Waals surface area (Å²) in [4.78, 5) is 11.4. The monoisotopic (exact) mass is 234 g/mol. The lowest BCUT2D eigenvalue weighted by Gasteiger charge is -2.38. The van der Waals surface area contributed by atoms with Gasteiger partial charge in [-0.25, -0.2) is 0 Å². The van der Waals surface area contributed by atoms with Gasteiger partial charge in [0, 0.05) is 5.92 Å². The molecule has 0 bridgehead atoms. The molecular weight excluding hydrogens is 208 g/mol. The topological polar surface area (TPSA) is 17.1 Å². The van der Waals surface area contributed by atoms with E-state index in [0.29, 0.717) is 5.92 Å². The fourth-order valence-corrected chi connectivity index (χ4v) is 4.36. The van der Waals surface area contributed by atoms with Crippen molar-refractivity contribution in [3.8, 4) is 0 Å². The molecule has 0 amide bonds. The van der Waals surface area contributed by atoms with E-state index in [2.05, 4.69) is 34.6 Å². The lowest BCUT2D eigenvalue weighted by atomic mass is 9.66. The molecule has 1 heteroatoms. The van der Waals surface area contributed by atoms with Crippen molar-refractivity contribution in [2.45, 2.75) is 60.3 Å². The van der Waals surface area contributed by atoms with Gasteiger partial charge >= 0.3 is 0 Å². The van der Waals surface area contributed by atoms with Gasteiger partial charge in [0.15, 0.2) is 0 Å². The summed E-state index contributed by atoms with van der Waals surface area (Å²) < 4.78 is 0. The highest BCUT2D eigenvalue weighted by atomic mass is 16.1. The van der Waals surface area contributed by atoms with Crippen molar-refractivity contribution in [2.75, 3.05) is 0 Å². The third-order valence-electron chi connectivity index (χ3n) is 5.97. The van der Waals surface area contributed by atoms with Crippen LogP contribution in [0.25, 0.3) is 0 Å². The number of hydrogen-bond acceptors (Lipinski definition) is 1. The van der Waals surface area contributed by atoms with Crippen LogP contribution in [0.4, 0.5) is 0 Å². The highest BCUT2D eigenvalue weighted by molar-refractivity contribution is 5.62. The summed E-state index contributed by atoms with van der Waals surface area (Å²) in [5.74, 6) is 0.846. The van der Waals surface area contributed by atoms with Crippen LogP contribution in [0.3, 0.4) is 0 Å². The molecule has 0 spiro atoms. The Morgan fingerprint density at radius 1 is 1.35 bits per heavy atom. The first-order valence-electron chi connectivity index (χ1n) is 7.08. The molecule has 2 aliphatic rings. The third kappa shape index (κ3) is 1.54. The van der Waals surface area contributed by atoms with E-state index in [-0.39, 0.29) is 16.7 Å². The molecule has 3 atom stereocenters. The maximum Gasteiger partial charge on any atom is 0.127 e. The first-order valence-corrected chi connectivity index (χ1v) is 7.08. The van der Waals surface area contributed by atoms with Crippen molar-refractivity contribution in [1.82, 2.24) is 0 Å². The molecule has 2 aliphatic carbocycles. The fraction of sp³-hybridized carbons (Fsp3) is 0.812. The van der Waals surface area contributed by atoms with Crippen LogP contribution in [0.5, 0.6) is 0 Å². The number of allylic oxidation sites excluding steroid dienone is 2. The standard InChI is InChI=1S/C16H26O/c1-6-16(5)11(2)15(3,4)13-9-7-8-12(10-17)14(13)16/h10-12H,6-9H2,1-5H3. The Morgan fingerprint density at radius 2 is 2.00 bits per heavy atom. The molecule has 96 valence electrons. The smallest absolute Gasteiger partial charge is 0.127 e. The van der Waals surface area contributed by atoms with E-state index in [4.69, 9.17) is 0 Å². The Morgan fingerprint density at radius 3 is 2.53 bits per heavy atom. The molecule has 0 aromatic heterocycles. The maximum absolute atomic E-state index is 11.4. The van der Waals surface area contributed by atoms with Gasteiger partial charge in [0.05, 0.1) is 0 Å². The van der Waals surface area contributed by atoms with E-state index >= 15 is 0 Å². The quantitative estimate of drug-likeness (QED) is 0.512. The maximum atomic E-state index is 11.4. The van der Waals surface area contributed by atoms with E-state index in [1.807, 2.05) is 0 Å². The molecule has 0 aromatic rings. The molecule has 0 heterocycles. The molecule has 1 nitrogen and oxygen atoms in total. The largest absolute Gasteiger partial charge is 0.303 e. The second kappa shape index (κ2) is 3.96. The summed E-state index contributed by atoms with van der Waals surface area (Å²) in [6.45, 7) is 11.8. The van der Waals surface area contributed by atoms with Gasteiger partial charge < -0.3 is 4.79 Å². The minimum absolute atomic E-state index is 0.202. The van der Waals surface area contributed by atoms with Crippen LogP contribution in [0, 0.1) is 22.7 Å². The Kier molecular flexibility index (Phi) is 3.00. The van der Waals surface area contributed by atoms with Gasteiger partial charge in [0.25, 0.3) is 0 Å². The molecule has 0 aliphatic heterocycles. The van der Waals surface area contributed by atoms with Gasteiger partial charge in [-0.1, -0.05) is 45.8 Å². The van der Waals surface area contributed by atoms with E-state index in [1.54, 1.807) is 5.57 Å². The fourth-order valence-electron chi connectivity index (χ4n) is 4.36. The van der Waals surface area contributed by atoms with E-state index in [9.17, 15) is 4.79 Å². The molecule has 0 saturated carbocycles. The van der Waals surface area contributed by atoms with Crippen LogP contribution < -0.4 is 0 Å². The van der Waals surface area contributed by atoms with E-state index < -0.39 is 0 Å². The number of carbonyl (C=O) groups excluding carboxylic acids is 1. The summed E-state index contributed by atoms with van der Waals surface area (Å²) in [5, 5.41) is 0. The number of carbonyl (C=O) groups is 1. The molecule has 0 fully saturated rings. The lowest BCUT2D eigenvalue weighted by molar-refractivity contribution is -0.110. The van der Waals surface area contributed by atoms with Crippen molar-refractivity contribution in [2.24, 2.45) is 22.7 Å². The summed E-state index contributed by atoms with van der Waals surface area (Å²) in [7, 11) is 0. The van der Waals surface area contributed by atoms with E-state index in [1.165, 1.54) is 24.7 Å². The average molecular weight is 234 g/mol.